The van der Waals surface area contributed by atoms with Gasteiger partial charge in [-0.2, -0.15) is 0 Å². The SMILES string of the molecule is O=C1CCCC(CN(c2ccccc2)c2ccccc2)C1. The molecule has 1 unspecified atom stereocenters. The highest BCUT2D eigenvalue weighted by Crippen LogP contribution is 2.30. The molecule has 3 rings (SSSR count). The van der Waals surface area contributed by atoms with Crippen LogP contribution in [0, 0.1) is 5.92 Å². The van der Waals surface area contributed by atoms with Crippen LogP contribution < -0.4 is 4.90 Å². The molecule has 2 nitrogen and oxygen atoms in total. The molecule has 1 aliphatic rings. The van der Waals surface area contributed by atoms with Crippen LogP contribution in [-0.2, 0) is 4.79 Å². The average molecular weight is 279 g/mol. The zero-order valence-electron chi connectivity index (χ0n) is 12.2. The summed E-state index contributed by atoms with van der Waals surface area (Å²) in [7, 11) is 0. The highest BCUT2D eigenvalue weighted by atomic mass is 16.1. The molecule has 1 saturated carbocycles. The van der Waals surface area contributed by atoms with Crippen molar-refractivity contribution in [3.05, 3.63) is 60.7 Å². The molecular formula is C19H21NO. The first kappa shape index (κ1) is 13.9. The number of Topliss-reactive ketones (excluding diaryl/α,β-unsaturated/α-hetero) is 1. The number of hydrogen-bond acceptors (Lipinski definition) is 2. The average Bonchev–Trinajstić information content (AvgIpc) is 2.54. The normalized spacial score (nSPS) is 18.5. The van der Waals surface area contributed by atoms with Crippen molar-refractivity contribution in [2.75, 3.05) is 11.4 Å². The van der Waals surface area contributed by atoms with Gasteiger partial charge in [-0.1, -0.05) is 36.4 Å². The minimum absolute atomic E-state index is 0.423. The summed E-state index contributed by atoms with van der Waals surface area (Å²) in [4.78, 5) is 14.0. The first-order valence-electron chi connectivity index (χ1n) is 7.72. The molecule has 2 aromatic carbocycles. The van der Waals surface area contributed by atoms with Gasteiger partial charge in [-0.05, 0) is 43.0 Å². The highest BCUT2D eigenvalue weighted by molar-refractivity contribution is 5.79. The molecular weight excluding hydrogens is 258 g/mol. The van der Waals surface area contributed by atoms with E-state index in [0.29, 0.717) is 11.7 Å². The van der Waals surface area contributed by atoms with Gasteiger partial charge in [0.25, 0.3) is 0 Å². The lowest BCUT2D eigenvalue weighted by Gasteiger charge is -2.31. The van der Waals surface area contributed by atoms with Crippen LogP contribution in [0.3, 0.4) is 0 Å². The molecule has 0 saturated heterocycles. The quantitative estimate of drug-likeness (QED) is 0.816. The predicted molar refractivity (Wildman–Crippen MR) is 86.9 cm³/mol. The van der Waals surface area contributed by atoms with E-state index in [4.69, 9.17) is 0 Å². The highest BCUT2D eigenvalue weighted by Gasteiger charge is 2.22. The van der Waals surface area contributed by atoms with Crippen molar-refractivity contribution in [1.82, 2.24) is 0 Å². The van der Waals surface area contributed by atoms with Crippen molar-refractivity contribution in [3.8, 4) is 0 Å². The third kappa shape index (κ3) is 3.52. The van der Waals surface area contributed by atoms with Crippen molar-refractivity contribution in [2.24, 2.45) is 5.92 Å². The maximum absolute atomic E-state index is 11.7. The van der Waals surface area contributed by atoms with Gasteiger partial charge >= 0.3 is 0 Å². The van der Waals surface area contributed by atoms with Gasteiger partial charge in [0.1, 0.15) is 5.78 Å². The van der Waals surface area contributed by atoms with Crippen LogP contribution in [-0.4, -0.2) is 12.3 Å². The number of hydrogen-bond donors (Lipinski definition) is 0. The summed E-state index contributed by atoms with van der Waals surface area (Å²) in [5.41, 5.74) is 2.39. The maximum atomic E-state index is 11.7. The van der Waals surface area contributed by atoms with Gasteiger partial charge in [0, 0.05) is 30.8 Å². The van der Waals surface area contributed by atoms with E-state index in [2.05, 4.69) is 53.4 Å². The van der Waals surface area contributed by atoms with Crippen LogP contribution in [0.2, 0.25) is 0 Å². The van der Waals surface area contributed by atoms with E-state index in [1.807, 2.05) is 12.1 Å². The number of nitrogens with zero attached hydrogens (tertiary/aromatic N) is 1. The molecule has 0 bridgehead atoms. The summed E-state index contributed by atoms with van der Waals surface area (Å²) in [6.07, 6.45) is 3.70. The molecule has 0 spiro atoms. The van der Waals surface area contributed by atoms with Gasteiger partial charge < -0.3 is 4.90 Å². The molecule has 0 radical (unpaired) electrons. The molecule has 108 valence electrons. The maximum Gasteiger partial charge on any atom is 0.133 e. The van der Waals surface area contributed by atoms with Crippen LogP contribution in [0.4, 0.5) is 11.4 Å². The number of para-hydroxylation sites is 2. The van der Waals surface area contributed by atoms with Gasteiger partial charge in [0.15, 0.2) is 0 Å². The molecule has 1 atom stereocenters. The number of carbonyl (C=O) groups excluding carboxylic acids is 1. The Balaban J connectivity index is 1.84. The van der Waals surface area contributed by atoms with Crippen molar-refractivity contribution in [1.29, 1.82) is 0 Å². The fourth-order valence-electron chi connectivity index (χ4n) is 3.10. The first-order chi connectivity index (χ1) is 10.3. The lowest BCUT2D eigenvalue weighted by Crippen LogP contribution is -2.28. The third-order valence-electron chi connectivity index (χ3n) is 4.16. The van der Waals surface area contributed by atoms with Gasteiger partial charge in [-0.3, -0.25) is 4.79 Å². The Hall–Kier alpha value is -2.09. The summed E-state index contributed by atoms with van der Waals surface area (Å²) in [5.74, 6) is 0.888. The van der Waals surface area contributed by atoms with Crippen molar-refractivity contribution in [2.45, 2.75) is 25.7 Å². The van der Waals surface area contributed by atoms with E-state index >= 15 is 0 Å². The van der Waals surface area contributed by atoms with E-state index in [1.165, 1.54) is 11.4 Å². The van der Waals surface area contributed by atoms with E-state index in [9.17, 15) is 4.79 Å². The topological polar surface area (TPSA) is 20.3 Å². The van der Waals surface area contributed by atoms with Gasteiger partial charge in [-0.15, -0.1) is 0 Å². The van der Waals surface area contributed by atoms with E-state index in [1.54, 1.807) is 0 Å². The summed E-state index contributed by atoms with van der Waals surface area (Å²) >= 11 is 0. The Kier molecular flexibility index (Phi) is 4.34. The fourth-order valence-corrected chi connectivity index (χ4v) is 3.10. The standard InChI is InChI=1S/C19H21NO/c21-19-13-7-8-16(14-19)15-20(17-9-3-1-4-10-17)18-11-5-2-6-12-18/h1-6,9-12,16H,7-8,13-15H2. The third-order valence-corrected chi connectivity index (χ3v) is 4.16. The van der Waals surface area contributed by atoms with Gasteiger partial charge in [0.05, 0.1) is 0 Å². The van der Waals surface area contributed by atoms with Crippen LogP contribution >= 0.6 is 0 Å². The Morgan fingerprint density at radius 2 is 1.48 bits per heavy atom. The molecule has 21 heavy (non-hydrogen) atoms. The number of ketones is 1. The van der Waals surface area contributed by atoms with Crippen LogP contribution in [0.1, 0.15) is 25.7 Å². The molecule has 2 heteroatoms. The summed E-state index contributed by atoms with van der Waals surface area (Å²) < 4.78 is 0. The van der Waals surface area contributed by atoms with E-state index in [-0.39, 0.29) is 0 Å². The first-order valence-corrected chi connectivity index (χ1v) is 7.72. The fraction of sp³-hybridized carbons (Fsp3) is 0.316. The van der Waals surface area contributed by atoms with Crippen molar-refractivity contribution in [3.63, 3.8) is 0 Å². The summed E-state index contributed by atoms with van der Waals surface area (Å²) in [5, 5.41) is 0. The van der Waals surface area contributed by atoms with Gasteiger partial charge in [-0.25, -0.2) is 0 Å². The molecule has 2 aromatic rings. The Labute approximate surface area is 126 Å². The lowest BCUT2D eigenvalue weighted by atomic mass is 9.88. The second-order valence-electron chi connectivity index (χ2n) is 5.78. The number of rotatable bonds is 4. The van der Waals surface area contributed by atoms with Gasteiger partial charge in [0.2, 0.25) is 0 Å². The molecule has 1 fully saturated rings. The number of benzene rings is 2. The smallest absolute Gasteiger partial charge is 0.133 e. The van der Waals surface area contributed by atoms with Crippen molar-refractivity contribution < 1.29 is 4.79 Å². The number of anilines is 2. The molecule has 0 heterocycles. The van der Waals surface area contributed by atoms with Crippen LogP contribution in [0.25, 0.3) is 0 Å². The Morgan fingerprint density at radius 1 is 0.905 bits per heavy atom. The summed E-state index contributed by atoms with van der Waals surface area (Å²) in [6, 6.07) is 20.9. The molecule has 1 aliphatic carbocycles. The van der Waals surface area contributed by atoms with Crippen LogP contribution in [0.15, 0.2) is 60.7 Å². The van der Waals surface area contributed by atoms with Crippen molar-refractivity contribution >= 4 is 17.2 Å². The van der Waals surface area contributed by atoms with E-state index in [0.717, 1.165) is 32.2 Å². The monoisotopic (exact) mass is 279 g/mol. The van der Waals surface area contributed by atoms with Crippen LogP contribution in [0.5, 0.6) is 0 Å². The molecule has 0 N–H and O–H groups in total. The van der Waals surface area contributed by atoms with E-state index < -0.39 is 0 Å². The lowest BCUT2D eigenvalue weighted by molar-refractivity contribution is -0.121. The zero-order valence-corrected chi connectivity index (χ0v) is 12.2. The number of carbonyl (C=O) groups is 1. The molecule has 0 aliphatic heterocycles. The largest absolute Gasteiger partial charge is 0.341 e. The predicted octanol–water partition coefficient (Wildman–Crippen LogP) is 4.58. The molecule has 0 amide bonds. The second-order valence-corrected chi connectivity index (χ2v) is 5.78. The zero-order chi connectivity index (χ0) is 14.5. The second kappa shape index (κ2) is 6.57. The minimum Gasteiger partial charge on any atom is -0.341 e. The Bertz CT molecular complexity index is 540. The minimum atomic E-state index is 0.423. The molecule has 0 aromatic heterocycles. The summed E-state index contributed by atoms with van der Waals surface area (Å²) in [6.45, 7) is 0.916. The Morgan fingerprint density at radius 3 is 2.00 bits per heavy atom.